The van der Waals surface area contributed by atoms with Gasteiger partial charge in [0.15, 0.2) is 5.75 Å². The Morgan fingerprint density at radius 1 is 0.846 bits per heavy atom. The van der Waals surface area contributed by atoms with Crippen molar-refractivity contribution in [2.75, 3.05) is 4.90 Å². The van der Waals surface area contributed by atoms with E-state index in [0.29, 0.717) is 34.5 Å². The van der Waals surface area contributed by atoms with E-state index in [1.54, 1.807) is 30.3 Å². The molecule has 4 aliphatic carbocycles. The molecule has 8 heteroatoms. The molecule has 3 aromatic carbocycles. The molecule has 8 nitrogen and oxygen atoms in total. The lowest BCUT2D eigenvalue weighted by atomic mass is 9.63. The van der Waals surface area contributed by atoms with E-state index in [2.05, 4.69) is 22.3 Å². The highest BCUT2D eigenvalue weighted by molar-refractivity contribution is 6.22. The number of rotatable bonds is 4. The summed E-state index contributed by atoms with van der Waals surface area (Å²) in [4.78, 5) is 42.7. The van der Waals surface area contributed by atoms with Crippen molar-refractivity contribution in [2.24, 2.45) is 35.5 Å². The SMILES string of the molecule is Cc1ccc(OC(=O)c2ccc(N3C(=O)[C@H]4[C@@H]5C=C[C@@H]([C@H]6C[C@H]56)[C@@H]4C3=O)cc2)c(-n2nc3ccccc3n2)c1. The molecule has 2 saturated carbocycles. The predicted molar refractivity (Wildman–Crippen MR) is 142 cm³/mol. The number of ether oxygens (including phenoxy) is 1. The van der Waals surface area contributed by atoms with E-state index in [1.165, 1.54) is 9.70 Å². The van der Waals surface area contributed by atoms with E-state index in [1.807, 2.05) is 43.3 Å². The number of esters is 1. The second-order valence-corrected chi connectivity index (χ2v) is 11.1. The Balaban J connectivity index is 1.05. The monoisotopic (exact) mass is 516 g/mol. The van der Waals surface area contributed by atoms with Gasteiger partial charge in [0.25, 0.3) is 0 Å². The Morgan fingerprint density at radius 2 is 1.46 bits per heavy atom. The lowest BCUT2D eigenvalue weighted by Crippen LogP contribution is -2.40. The van der Waals surface area contributed by atoms with Crippen molar-refractivity contribution in [2.45, 2.75) is 13.3 Å². The summed E-state index contributed by atoms with van der Waals surface area (Å²) in [6.07, 6.45) is 5.45. The number of benzene rings is 3. The van der Waals surface area contributed by atoms with Crippen molar-refractivity contribution in [1.82, 2.24) is 15.0 Å². The van der Waals surface area contributed by atoms with Gasteiger partial charge in [0.05, 0.1) is 23.1 Å². The van der Waals surface area contributed by atoms with Crippen LogP contribution in [-0.2, 0) is 9.59 Å². The third-order valence-corrected chi connectivity index (χ3v) is 8.84. The molecule has 2 amide bonds. The Labute approximate surface area is 223 Å². The highest BCUT2D eigenvalue weighted by atomic mass is 16.5. The number of nitrogens with zero attached hydrogens (tertiary/aromatic N) is 4. The molecule has 1 saturated heterocycles. The second kappa shape index (κ2) is 7.96. The number of carbonyl (C=O) groups excluding carboxylic acids is 3. The van der Waals surface area contributed by atoms with Crippen molar-refractivity contribution in [1.29, 1.82) is 0 Å². The summed E-state index contributed by atoms with van der Waals surface area (Å²) in [6, 6.07) is 19.5. The fraction of sp³-hybridized carbons (Fsp3) is 0.258. The fourth-order valence-corrected chi connectivity index (χ4v) is 6.95. The topological polar surface area (TPSA) is 94.4 Å². The van der Waals surface area contributed by atoms with Crippen LogP contribution in [-0.4, -0.2) is 32.8 Å². The zero-order chi connectivity index (χ0) is 26.4. The molecule has 5 aliphatic rings. The number of anilines is 1. The second-order valence-electron chi connectivity index (χ2n) is 11.1. The molecule has 39 heavy (non-hydrogen) atoms. The summed E-state index contributed by atoms with van der Waals surface area (Å²) in [5, 5.41) is 9.06. The van der Waals surface area contributed by atoms with Gasteiger partial charge >= 0.3 is 5.97 Å². The highest BCUT2D eigenvalue weighted by Gasteiger charge is 2.67. The zero-order valence-electron chi connectivity index (χ0n) is 21.1. The third kappa shape index (κ3) is 3.27. The summed E-state index contributed by atoms with van der Waals surface area (Å²) in [5.41, 5.74) is 3.79. The number of imide groups is 1. The number of hydrogen-bond donors (Lipinski definition) is 0. The molecule has 2 bridgehead atoms. The molecular formula is C31H24N4O4. The third-order valence-electron chi connectivity index (χ3n) is 8.84. The van der Waals surface area contributed by atoms with Gasteiger partial charge in [0.1, 0.15) is 16.7 Å². The molecule has 1 aliphatic heterocycles. The van der Waals surface area contributed by atoms with Gasteiger partial charge in [-0.3, -0.25) is 14.5 Å². The fourth-order valence-electron chi connectivity index (χ4n) is 6.95. The van der Waals surface area contributed by atoms with Crippen LogP contribution in [0, 0.1) is 42.4 Å². The lowest BCUT2D eigenvalue weighted by Gasteiger charge is -2.37. The number of allylic oxidation sites excluding steroid dienone is 2. The Hall–Kier alpha value is -4.59. The van der Waals surface area contributed by atoms with Crippen LogP contribution in [0.3, 0.4) is 0 Å². The van der Waals surface area contributed by atoms with Crippen LogP contribution < -0.4 is 9.64 Å². The minimum Gasteiger partial charge on any atom is -0.421 e. The van der Waals surface area contributed by atoms with Crippen LogP contribution in [0.4, 0.5) is 5.69 Å². The average molecular weight is 517 g/mol. The van der Waals surface area contributed by atoms with Crippen LogP contribution in [0.15, 0.2) is 78.9 Å². The number of fused-ring (bicyclic) bond motifs is 1. The van der Waals surface area contributed by atoms with Crippen LogP contribution >= 0.6 is 0 Å². The van der Waals surface area contributed by atoms with Crippen LogP contribution in [0.5, 0.6) is 5.75 Å². The molecule has 0 spiro atoms. The molecular weight excluding hydrogens is 492 g/mol. The Morgan fingerprint density at radius 3 is 2.08 bits per heavy atom. The normalized spacial score (nSPS) is 28.1. The minimum atomic E-state index is -0.557. The van der Waals surface area contributed by atoms with Crippen molar-refractivity contribution in [3.05, 3.63) is 90.0 Å². The van der Waals surface area contributed by atoms with E-state index in [4.69, 9.17) is 4.74 Å². The van der Waals surface area contributed by atoms with Gasteiger partial charge in [0.2, 0.25) is 11.8 Å². The van der Waals surface area contributed by atoms with E-state index in [9.17, 15) is 14.4 Å². The van der Waals surface area contributed by atoms with E-state index in [0.717, 1.165) is 23.0 Å². The van der Waals surface area contributed by atoms with Crippen LogP contribution in [0.25, 0.3) is 16.7 Å². The van der Waals surface area contributed by atoms with Gasteiger partial charge in [0, 0.05) is 0 Å². The van der Waals surface area contributed by atoms with Crippen LogP contribution in [0.1, 0.15) is 22.3 Å². The average Bonchev–Trinajstić information content (AvgIpc) is 3.60. The quantitative estimate of drug-likeness (QED) is 0.172. The first-order valence-electron chi connectivity index (χ1n) is 13.3. The first kappa shape index (κ1) is 22.4. The maximum absolute atomic E-state index is 13.4. The number of aryl methyl sites for hydroxylation is 1. The summed E-state index contributed by atoms with van der Waals surface area (Å²) in [7, 11) is 0. The van der Waals surface area contributed by atoms with E-state index >= 15 is 0 Å². The van der Waals surface area contributed by atoms with Gasteiger partial charge in [-0.25, -0.2) is 4.79 Å². The van der Waals surface area contributed by atoms with Gasteiger partial charge < -0.3 is 4.74 Å². The number of carbonyl (C=O) groups is 3. The Bertz CT molecular complexity index is 1670. The summed E-state index contributed by atoms with van der Waals surface area (Å²) >= 11 is 0. The van der Waals surface area contributed by atoms with Gasteiger partial charge in [-0.15, -0.1) is 15.0 Å². The van der Waals surface area contributed by atoms with Gasteiger partial charge in [-0.2, -0.15) is 0 Å². The van der Waals surface area contributed by atoms with E-state index < -0.39 is 5.97 Å². The molecule has 9 rings (SSSR count). The predicted octanol–water partition coefficient (Wildman–Crippen LogP) is 4.51. The number of hydrogen-bond acceptors (Lipinski definition) is 6. The standard InChI is InChI=1S/C31H24N4O4/c1-16-6-13-26(25(14-16)35-32-23-4-2-3-5-24(23)33-35)39-31(38)17-7-9-18(10-8-17)34-29(36)27-19-11-12-20(22-15-21(19)22)28(27)30(34)37/h2-14,19-22,27-28H,15H2,1H3/t19-,20+,21-,22-,27+,28+/m1/s1. The first-order chi connectivity index (χ1) is 19.0. The summed E-state index contributed by atoms with van der Waals surface area (Å²) < 4.78 is 5.78. The van der Waals surface area contributed by atoms with Crippen molar-refractivity contribution in [3.8, 4) is 11.4 Å². The molecule has 0 radical (unpaired) electrons. The molecule has 1 aromatic heterocycles. The molecule has 0 unspecified atom stereocenters. The lowest BCUT2D eigenvalue weighted by molar-refractivity contribution is -0.124. The van der Waals surface area contributed by atoms with Crippen molar-refractivity contribution >= 4 is 34.5 Å². The number of aromatic nitrogens is 3. The maximum atomic E-state index is 13.4. The molecule has 3 fully saturated rings. The van der Waals surface area contributed by atoms with Crippen molar-refractivity contribution in [3.63, 3.8) is 0 Å². The molecule has 2 heterocycles. The largest absolute Gasteiger partial charge is 0.421 e. The molecule has 6 atom stereocenters. The number of amides is 2. The van der Waals surface area contributed by atoms with Crippen molar-refractivity contribution < 1.29 is 19.1 Å². The smallest absolute Gasteiger partial charge is 0.343 e. The molecule has 192 valence electrons. The summed E-state index contributed by atoms with van der Waals surface area (Å²) in [5.74, 6) is 0.472. The molecule has 0 N–H and O–H groups in total. The first-order valence-corrected chi connectivity index (χ1v) is 13.3. The Kier molecular flexibility index (Phi) is 4.57. The maximum Gasteiger partial charge on any atom is 0.343 e. The minimum absolute atomic E-state index is 0.117. The van der Waals surface area contributed by atoms with Crippen LogP contribution in [0.2, 0.25) is 0 Å². The van der Waals surface area contributed by atoms with E-state index in [-0.39, 0.29) is 35.5 Å². The molecule has 4 aromatic rings. The zero-order valence-corrected chi connectivity index (χ0v) is 21.1. The highest BCUT2D eigenvalue weighted by Crippen LogP contribution is 2.65. The van der Waals surface area contributed by atoms with Gasteiger partial charge in [-0.1, -0.05) is 30.4 Å². The summed E-state index contributed by atoms with van der Waals surface area (Å²) in [6.45, 7) is 1.94. The van der Waals surface area contributed by atoms with Gasteiger partial charge in [-0.05, 0) is 91.1 Å².